The smallest absolute Gasteiger partial charge is 0.164 e. The zero-order valence-corrected chi connectivity index (χ0v) is 23.9. The molecule has 0 unspecified atom stereocenters. The number of benzene rings is 7. The minimum absolute atomic E-state index is 0.648. The Hall–Kier alpha value is -5.93. The van der Waals surface area contributed by atoms with Crippen LogP contribution in [0.3, 0.4) is 0 Å². The van der Waals surface area contributed by atoms with Gasteiger partial charge < -0.3 is 0 Å². The van der Waals surface area contributed by atoms with Gasteiger partial charge in [-0.3, -0.25) is 0 Å². The van der Waals surface area contributed by atoms with Gasteiger partial charge in [0.25, 0.3) is 0 Å². The molecule has 0 aliphatic carbocycles. The predicted octanol–water partition coefficient (Wildman–Crippen LogP) is 10.5. The van der Waals surface area contributed by atoms with Crippen LogP contribution in [0.5, 0.6) is 0 Å². The number of hydrogen-bond acceptors (Lipinski definition) is 3. The summed E-state index contributed by atoms with van der Waals surface area (Å²) in [6, 6.07) is 57.0. The van der Waals surface area contributed by atoms with Crippen molar-refractivity contribution < 1.29 is 0 Å². The van der Waals surface area contributed by atoms with Gasteiger partial charge in [0.05, 0.1) is 0 Å². The van der Waals surface area contributed by atoms with Crippen LogP contribution in [0.15, 0.2) is 164 Å². The van der Waals surface area contributed by atoms with E-state index in [1.54, 1.807) is 0 Å². The van der Waals surface area contributed by atoms with Gasteiger partial charge in [0.2, 0.25) is 0 Å². The van der Waals surface area contributed by atoms with Gasteiger partial charge in [-0.25, -0.2) is 15.0 Å². The summed E-state index contributed by atoms with van der Waals surface area (Å²) < 4.78 is 0. The Balaban J connectivity index is 1.21. The molecule has 0 saturated heterocycles. The summed E-state index contributed by atoms with van der Waals surface area (Å²) in [4.78, 5) is 14.9. The molecular formula is C41H27N3. The monoisotopic (exact) mass is 561 g/mol. The molecule has 8 aromatic rings. The molecule has 0 spiro atoms. The van der Waals surface area contributed by atoms with Gasteiger partial charge in [-0.15, -0.1) is 0 Å². The lowest BCUT2D eigenvalue weighted by Gasteiger charge is -2.11. The third-order valence-corrected chi connectivity index (χ3v) is 8.12. The van der Waals surface area contributed by atoms with Crippen molar-refractivity contribution in [2.45, 2.75) is 0 Å². The SMILES string of the molecule is c1ccc(-c2ccc(-c3nc(-c4ccccc4)nc(-c4cccc(-c5ccc6c(ccc7ccccc76)c5)c4)n3)cc2)cc1. The Morgan fingerprint density at radius 2 is 0.705 bits per heavy atom. The van der Waals surface area contributed by atoms with Crippen LogP contribution in [0, 0.1) is 0 Å². The lowest BCUT2D eigenvalue weighted by molar-refractivity contribution is 1.07. The summed E-state index contributed by atoms with van der Waals surface area (Å²) in [7, 11) is 0. The van der Waals surface area contributed by atoms with E-state index in [-0.39, 0.29) is 0 Å². The van der Waals surface area contributed by atoms with E-state index >= 15 is 0 Å². The van der Waals surface area contributed by atoms with Crippen LogP contribution in [-0.2, 0) is 0 Å². The van der Waals surface area contributed by atoms with Crippen LogP contribution in [0.2, 0.25) is 0 Å². The first-order chi connectivity index (χ1) is 21.8. The third kappa shape index (κ3) is 4.91. The van der Waals surface area contributed by atoms with Crippen LogP contribution in [0.1, 0.15) is 0 Å². The average molecular weight is 562 g/mol. The fraction of sp³-hybridized carbons (Fsp3) is 0. The molecule has 3 nitrogen and oxygen atoms in total. The molecule has 0 bridgehead atoms. The molecule has 1 aromatic heterocycles. The van der Waals surface area contributed by atoms with E-state index in [0.717, 1.165) is 33.4 Å². The fourth-order valence-electron chi connectivity index (χ4n) is 5.82. The van der Waals surface area contributed by atoms with Gasteiger partial charge in [0.1, 0.15) is 0 Å². The molecule has 0 amide bonds. The summed E-state index contributed by atoms with van der Waals surface area (Å²) in [5.74, 6) is 1.95. The second-order valence-electron chi connectivity index (χ2n) is 10.9. The lowest BCUT2D eigenvalue weighted by Crippen LogP contribution is -2.00. The summed E-state index contributed by atoms with van der Waals surface area (Å²) >= 11 is 0. The molecule has 44 heavy (non-hydrogen) atoms. The van der Waals surface area contributed by atoms with Gasteiger partial charge in [-0.1, -0.05) is 152 Å². The van der Waals surface area contributed by atoms with Gasteiger partial charge >= 0.3 is 0 Å². The van der Waals surface area contributed by atoms with Gasteiger partial charge in [-0.05, 0) is 55.9 Å². The molecule has 8 rings (SSSR count). The van der Waals surface area contributed by atoms with Crippen molar-refractivity contribution in [1.82, 2.24) is 15.0 Å². The summed E-state index contributed by atoms with van der Waals surface area (Å²) in [5.41, 5.74) is 7.46. The lowest BCUT2D eigenvalue weighted by atomic mass is 9.96. The normalized spacial score (nSPS) is 11.2. The Morgan fingerprint density at radius 1 is 0.250 bits per heavy atom. The Bertz CT molecular complexity index is 2260. The van der Waals surface area contributed by atoms with Crippen molar-refractivity contribution in [2.75, 3.05) is 0 Å². The van der Waals surface area contributed by atoms with E-state index in [1.807, 2.05) is 36.4 Å². The second-order valence-corrected chi connectivity index (χ2v) is 10.9. The highest BCUT2D eigenvalue weighted by Gasteiger charge is 2.13. The van der Waals surface area contributed by atoms with Gasteiger partial charge in [0, 0.05) is 16.7 Å². The minimum Gasteiger partial charge on any atom is -0.208 e. The first-order valence-electron chi connectivity index (χ1n) is 14.8. The standard InChI is InChI=1S/C41H27N3/c1-3-10-28(11-4-1)29-18-21-32(22-19-29)40-42-39(31-13-5-2-6-14-31)43-41(44-40)36-16-9-15-33(27-36)34-24-25-38-35(26-34)23-20-30-12-7-8-17-37(30)38/h1-27H. The largest absolute Gasteiger partial charge is 0.208 e. The molecule has 0 atom stereocenters. The van der Waals surface area contributed by atoms with Crippen molar-refractivity contribution in [1.29, 1.82) is 0 Å². The van der Waals surface area contributed by atoms with Gasteiger partial charge in [-0.2, -0.15) is 0 Å². The molecule has 0 radical (unpaired) electrons. The first kappa shape index (κ1) is 25.8. The maximum atomic E-state index is 5.00. The average Bonchev–Trinajstić information content (AvgIpc) is 3.12. The molecular weight excluding hydrogens is 534 g/mol. The molecule has 0 N–H and O–H groups in total. The fourth-order valence-corrected chi connectivity index (χ4v) is 5.82. The van der Waals surface area contributed by atoms with E-state index in [0.29, 0.717) is 17.5 Å². The molecule has 1 heterocycles. The number of fused-ring (bicyclic) bond motifs is 3. The van der Waals surface area contributed by atoms with Crippen LogP contribution in [0.4, 0.5) is 0 Å². The topological polar surface area (TPSA) is 38.7 Å². The summed E-state index contributed by atoms with van der Waals surface area (Å²) in [6.07, 6.45) is 0. The van der Waals surface area contributed by atoms with Crippen LogP contribution in [-0.4, -0.2) is 15.0 Å². The van der Waals surface area contributed by atoms with Gasteiger partial charge in [0.15, 0.2) is 17.5 Å². The van der Waals surface area contributed by atoms with E-state index in [9.17, 15) is 0 Å². The van der Waals surface area contributed by atoms with Crippen molar-refractivity contribution >= 4 is 21.5 Å². The Labute approximate surface area is 256 Å². The highest BCUT2D eigenvalue weighted by molar-refractivity contribution is 6.08. The minimum atomic E-state index is 0.648. The number of nitrogens with zero attached hydrogens (tertiary/aromatic N) is 3. The molecule has 0 saturated carbocycles. The highest BCUT2D eigenvalue weighted by Crippen LogP contribution is 2.32. The molecule has 7 aromatic carbocycles. The van der Waals surface area contributed by atoms with E-state index in [4.69, 9.17) is 15.0 Å². The number of hydrogen-bond donors (Lipinski definition) is 0. The Kier molecular flexibility index (Phi) is 6.47. The summed E-state index contributed by atoms with van der Waals surface area (Å²) in [5, 5.41) is 5.01. The zero-order chi connectivity index (χ0) is 29.3. The predicted molar refractivity (Wildman–Crippen MR) is 182 cm³/mol. The van der Waals surface area contributed by atoms with Crippen LogP contribution < -0.4 is 0 Å². The third-order valence-electron chi connectivity index (χ3n) is 8.12. The van der Waals surface area contributed by atoms with Crippen molar-refractivity contribution in [3.05, 3.63) is 164 Å². The van der Waals surface area contributed by atoms with Crippen LogP contribution >= 0.6 is 0 Å². The number of aromatic nitrogens is 3. The molecule has 206 valence electrons. The maximum Gasteiger partial charge on any atom is 0.164 e. The molecule has 3 heteroatoms. The Morgan fingerprint density at radius 3 is 1.45 bits per heavy atom. The van der Waals surface area contributed by atoms with Crippen molar-refractivity contribution in [3.8, 4) is 56.4 Å². The van der Waals surface area contributed by atoms with E-state index in [1.165, 1.54) is 27.1 Å². The highest BCUT2D eigenvalue weighted by atomic mass is 15.0. The zero-order valence-electron chi connectivity index (χ0n) is 23.9. The number of rotatable bonds is 5. The molecule has 0 aliphatic rings. The second kappa shape index (κ2) is 11.0. The van der Waals surface area contributed by atoms with E-state index < -0.39 is 0 Å². The first-order valence-corrected chi connectivity index (χ1v) is 14.8. The van der Waals surface area contributed by atoms with Crippen LogP contribution in [0.25, 0.3) is 78.0 Å². The van der Waals surface area contributed by atoms with Crippen molar-refractivity contribution in [3.63, 3.8) is 0 Å². The summed E-state index contributed by atoms with van der Waals surface area (Å²) in [6.45, 7) is 0. The molecule has 0 fully saturated rings. The van der Waals surface area contributed by atoms with E-state index in [2.05, 4.69) is 127 Å². The maximum absolute atomic E-state index is 5.00. The molecule has 0 aliphatic heterocycles. The quantitative estimate of drug-likeness (QED) is 0.196. The van der Waals surface area contributed by atoms with Crippen molar-refractivity contribution in [2.24, 2.45) is 0 Å².